The number of hydrogen-bond acceptors (Lipinski definition) is 6. The van der Waals surface area contributed by atoms with Gasteiger partial charge in [-0.15, -0.1) is 0 Å². The summed E-state index contributed by atoms with van der Waals surface area (Å²) in [5, 5.41) is 19.7. The molecule has 9 heteroatoms. The number of carbonyl (C=O) groups excluding carboxylic acids is 1. The lowest BCUT2D eigenvalue weighted by molar-refractivity contribution is -0.109. The van der Waals surface area contributed by atoms with Crippen molar-refractivity contribution in [3.63, 3.8) is 0 Å². The molecule has 0 aliphatic carbocycles. The third-order valence-electron chi connectivity index (χ3n) is 3.95. The van der Waals surface area contributed by atoms with E-state index in [1.165, 1.54) is 0 Å². The molecular formula is C16H17N7O2. The minimum absolute atomic E-state index is 0.0399. The van der Waals surface area contributed by atoms with Crippen LogP contribution in [0.3, 0.4) is 0 Å². The summed E-state index contributed by atoms with van der Waals surface area (Å²) in [7, 11) is 0. The Balaban J connectivity index is 2.05. The number of hydrogen-bond donors (Lipinski definition) is 4. The molecule has 0 spiro atoms. The number of aromatic amines is 1. The van der Waals surface area contributed by atoms with Crippen molar-refractivity contribution in [1.82, 2.24) is 15.5 Å². The van der Waals surface area contributed by atoms with Crippen molar-refractivity contribution < 1.29 is 9.53 Å². The highest BCUT2D eigenvalue weighted by Gasteiger charge is 2.20. The Kier molecular flexibility index (Phi) is 4.63. The van der Waals surface area contributed by atoms with Crippen LogP contribution in [0.5, 0.6) is 0 Å². The first kappa shape index (κ1) is 16.5. The predicted molar refractivity (Wildman–Crippen MR) is 91.9 cm³/mol. The third-order valence-corrected chi connectivity index (χ3v) is 3.95. The van der Waals surface area contributed by atoms with Crippen LogP contribution >= 0.6 is 0 Å². The maximum atomic E-state index is 10.5. The van der Waals surface area contributed by atoms with Gasteiger partial charge < -0.3 is 21.5 Å². The van der Waals surface area contributed by atoms with Crippen molar-refractivity contribution >= 4 is 28.8 Å². The summed E-state index contributed by atoms with van der Waals surface area (Å²) >= 11 is 0. The second-order valence-corrected chi connectivity index (χ2v) is 5.54. The van der Waals surface area contributed by atoms with E-state index in [4.69, 9.17) is 16.2 Å². The summed E-state index contributed by atoms with van der Waals surface area (Å²) in [6.45, 7) is 1.33. The topological polar surface area (TPSA) is 155 Å². The first-order chi connectivity index (χ1) is 12.2. The second-order valence-electron chi connectivity index (χ2n) is 5.54. The van der Waals surface area contributed by atoms with Crippen LogP contribution in [0, 0.1) is 11.3 Å². The summed E-state index contributed by atoms with van der Waals surface area (Å²) in [5.41, 5.74) is 14.7. The van der Waals surface area contributed by atoms with E-state index in [1.807, 2.05) is 6.07 Å². The van der Waals surface area contributed by atoms with Crippen LogP contribution in [0.15, 0.2) is 28.9 Å². The van der Waals surface area contributed by atoms with Gasteiger partial charge in [0.1, 0.15) is 17.5 Å². The molecule has 3 rings (SSSR count). The van der Waals surface area contributed by atoms with E-state index in [1.54, 1.807) is 18.3 Å². The molecule has 6 N–H and O–H groups in total. The Labute approximate surface area is 143 Å². The fourth-order valence-corrected chi connectivity index (χ4v) is 2.58. The third kappa shape index (κ3) is 3.15. The van der Waals surface area contributed by atoms with E-state index in [0.717, 1.165) is 16.5 Å². The molecule has 0 radical (unpaired) electrons. The largest absolute Gasteiger partial charge is 0.397 e. The van der Waals surface area contributed by atoms with Crippen molar-refractivity contribution in [3.8, 4) is 6.07 Å². The Bertz CT molecular complexity index is 903. The Hall–Kier alpha value is -3.38. The first-order valence-corrected chi connectivity index (χ1v) is 7.59. The van der Waals surface area contributed by atoms with Crippen LogP contribution in [-0.4, -0.2) is 41.7 Å². The van der Waals surface area contributed by atoms with Gasteiger partial charge >= 0.3 is 0 Å². The van der Waals surface area contributed by atoms with E-state index in [-0.39, 0.29) is 23.1 Å². The van der Waals surface area contributed by atoms with Crippen molar-refractivity contribution in [1.29, 1.82) is 5.26 Å². The Morgan fingerprint density at radius 3 is 2.96 bits per heavy atom. The van der Waals surface area contributed by atoms with Crippen LogP contribution in [0.2, 0.25) is 0 Å². The van der Waals surface area contributed by atoms with Gasteiger partial charge in [0.2, 0.25) is 6.41 Å². The van der Waals surface area contributed by atoms with Gasteiger partial charge in [0.15, 0.2) is 0 Å². The van der Waals surface area contributed by atoms with Gasteiger partial charge in [0, 0.05) is 17.5 Å². The highest BCUT2D eigenvalue weighted by atomic mass is 16.5. The van der Waals surface area contributed by atoms with Crippen molar-refractivity contribution in [2.45, 2.75) is 12.6 Å². The monoisotopic (exact) mass is 339 g/mol. The number of amides is 1. The lowest BCUT2D eigenvalue weighted by Gasteiger charge is -2.22. The number of nitrogens with zero attached hydrogens (tertiary/aromatic N) is 3. The van der Waals surface area contributed by atoms with E-state index in [2.05, 4.69) is 20.5 Å². The molecule has 128 valence electrons. The van der Waals surface area contributed by atoms with Crippen LogP contribution in [0.1, 0.15) is 11.1 Å². The minimum Gasteiger partial charge on any atom is -0.397 e. The molecular weight excluding hydrogens is 322 g/mol. The summed E-state index contributed by atoms with van der Waals surface area (Å²) in [5.74, 6) is 0.0941. The molecule has 9 nitrogen and oxygen atoms in total. The number of rotatable bonds is 6. The van der Waals surface area contributed by atoms with Gasteiger partial charge in [0.25, 0.3) is 0 Å². The number of H-pyrrole nitrogens is 1. The standard InChI is InChI=1S/C16H17N7O2/c17-3-12(16(19)22-10-6-25-7-10)14(18)11-2-1-9(4-20-8-24)15-13(11)5-21-23-15/h1-2,5,8,10H,4,6-7,18H2,(H2,19,22)(H,20,24)(H,21,23)/b14-12-. The molecule has 1 fully saturated rings. The fraction of sp³-hybridized carbons (Fsp3) is 0.250. The van der Waals surface area contributed by atoms with E-state index in [9.17, 15) is 10.1 Å². The summed E-state index contributed by atoms with van der Waals surface area (Å²) in [6.07, 6.45) is 2.24. The van der Waals surface area contributed by atoms with Crippen molar-refractivity contribution in [2.75, 3.05) is 13.2 Å². The molecule has 0 bridgehead atoms. The molecule has 0 unspecified atom stereocenters. The Morgan fingerprint density at radius 1 is 1.52 bits per heavy atom. The van der Waals surface area contributed by atoms with E-state index >= 15 is 0 Å². The molecule has 1 amide bonds. The van der Waals surface area contributed by atoms with Crippen LogP contribution in [0.4, 0.5) is 0 Å². The molecule has 2 heterocycles. The zero-order valence-corrected chi connectivity index (χ0v) is 13.3. The van der Waals surface area contributed by atoms with Crippen LogP contribution in [-0.2, 0) is 16.1 Å². The molecule has 1 aromatic carbocycles. The first-order valence-electron chi connectivity index (χ1n) is 7.59. The van der Waals surface area contributed by atoms with Gasteiger partial charge in [-0.25, -0.2) is 0 Å². The van der Waals surface area contributed by atoms with Gasteiger partial charge in [-0.05, 0) is 5.56 Å². The molecule has 2 aromatic rings. The van der Waals surface area contributed by atoms with Gasteiger partial charge in [-0.1, -0.05) is 12.1 Å². The maximum Gasteiger partial charge on any atom is 0.207 e. The van der Waals surface area contributed by atoms with Crippen LogP contribution < -0.4 is 16.8 Å². The number of aliphatic imine (C=N–C) groups is 1. The summed E-state index contributed by atoms with van der Waals surface area (Å²) < 4.78 is 5.05. The van der Waals surface area contributed by atoms with Crippen molar-refractivity contribution in [2.24, 2.45) is 16.5 Å². The number of aromatic nitrogens is 2. The second kappa shape index (κ2) is 7.02. The lowest BCUT2D eigenvalue weighted by atomic mass is 10.0. The number of nitrogens with two attached hydrogens (primary N) is 2. The molecule has 1 aliphatic heterocycles. The van der Waals surface area contributed by atoms with E-state index in [0.29, 0.717) is 31.7 Å². The fourth-order valence-electron chi connectivity index (χ4n) is 2.58. The smallest absolute Gasteiger partial charge is 0.207 e. The lowest BCUT2D eigenvalue weighted by Crippen LogP contribution is -2.34. The van der Waals surface area contributed by atoms with Crippen molar-refractivity contribution in [3.05, 3.63) is 35.0 Å². The number of nitriles is 1. The zero-order valence-electron chi connectivity index (χ0n) is 13.3. The summed E-state index contributed by atoms with van der Waals surface area (Å²) in [6, 6.07) is 5.57. The Morgan fingerprint density at radius 2 is 2.32 bits per heavy atom. The average molecular weight is 339 g/mol. The van der Waals surface area contributed by atoms with Crippen LogP contribution in [0.25, 0.3) is 16.6 Å². The minimum atomic E-state index is -0.0399. The molecule has 1 aromatic heterocycles. The highest BCUT2D eigenvalue weighted by Crippen LogP contribution is 2.26. The molecule has 25 heavy (non-hydrogen) atoms. The number of benzene rings is 1. The average Bonchev–Trinajstić information content (AvgIpc) is 3.06. The highest BCUT2D eigenvalue weighted by molar-refractivity contribution is 6.09. The number of carbonyl (C=O) groups is 1. The molecule has 1 aliphatic rings. The predicted octanol–water partition coefficient (Wildman–Crippen LogP) is -0.242. The van der Waals surface area contributed by atoms with Gasteiger partial charge in [0.05, 0.1) is 36.7 Å². The quantitative estimate of drug-likeness (QED) is 0.246. The zero-order chi connectivity index (χ0) is 17.8. The summed E-state index contributed by atoms with van der Waals surface area (Å²) in [4.78, 5) is 14.8. The van der Waals surface area contributed by atoms with Gasteiger partial charge in [-0.3, -0.25) is 14.9 Å². The van der Waals surface area contributed by atoms with Gasteiger partial charge in [-0.2, -0.15) is 10.4 Å². The number of fused-ring (bicyclic) bond motifs is 1. The number of ether oxygens (including phenoxy) is 1. The van der Waals surface area contributed by atoms with E-state index < -0.39 is 0 Å². The number of nitrogens with one attached hydrogen (secondary N) is 2. The maximum absolute atomic E-state index is 10.5. The number of amidine groups is 1. The SMILES string of the molecule is N#C/C(C(N)=NC1COC1)=C(/N)c1ccc(CNC=O)c2[nH]ncc12. The molecule has 0 atom stereocenters. The molecule has 0 saturated carbocycles. The normalized spacial score (nSPS) is 16.0. The molecule has 1 saturated heterocycles.